The predicted octanol–water partition coefficient (Wildman–Crippen LogP) is 3.66. The van der Waals surface area contributed by atoms with Gasteiger partial charge in [0.1, 0.15) is 0 Å². The zero-order valence-corrected chi connectivity index (χ0v) is 10.3. The maximum Gasteiger partial charge on any atom is 0.0437 e. The monoisotopic (exact) mass is 225 g/mol. The molecule has 0 spiro atoms. The first-order valence-corrected chi connectivity index (χ1v) is 6.06. The van der Waals surface area contributed by atoms with E-state index in [1.165, 1.54) is 18.4 Å². The van der Waals surface area contributed by atoms with Gasteiger partial charge in [0.05, 0.1) is 0 Å². The molecule has 1 nitrogen and oxygen atoms in total. The third-order valence-electron chi connectivity index (χ3n) is 2.77. The Morgan fingerprint density at radius 2 is 2.00 bits per heavy atom. The van der Waals surface area contributed by atoms with E-state index in [0.717, 1.165) is 17.9 Å². The van der Waals surface area contributed by atoms with Gasteiger partial charge in [0, 0.05) is 11.1 Å². The summed E-state index contributed by atoms with van der Waals surface area (Å²) in [6, 6.07) is 8.72. The molecule has 0 radical (unpaired) electrons. The topological polar surface area (TPSA) is 12.0 Å². The van der Waals surface area contributed by atoms with Crippen molar-refractivity contribution in [1.29, 1.82) is 0 Å². The van der Waals surface area contributed by atoms with E-state index in [0.29, 0.717) is 6.04 Å². The highest BCUT2D eigenvalue weighted by molar-refractivity contribution is 6.31. The van der Waals surface area contributed by atoms with E-state index >= 15 is 0 Å². The molecule has 15 heavy (non-hydrogen) atoms. The second-order valence-electron chi connectivity index (χ2n) is 3.90. The van der Waals surface area contributed by atoms with Crippen molar-refractivity contribution in [3.63, 3.8) is 0 Å². The van der Waals surface area contributed by atoms with E-state index in [1.807, 2.05) is 19.2 Å². The number of rotatable bonds is 6. The fourth-order valence-electron chi connectivity index (χ4n) is 1.81. The molecule has 1 unspecified atom stereocenters. The Morgan fingerprint density at radius 1 is 1.27 bits per heavy atom. The largest absolute Gasteiger partial charge is 0.317 e. The van der Waals surface area contributed by atoms with Gasteiger partial charge in [-0.15, -0.1) is 0 Å². The van der Waals surface area contributed by atoms with Crippen LogP contribution in [0.5, 0.6) is 0 Å². The maximum atomic E-state index is 6.11. The minimum absolute atomic E-state index is 0.617. The molecule has 1 aromatic rings. The standard InChI is InChI=1S/C13H20ClN/c1-3-6-12(15-2)10-9-11-7-4-5-8-13(11)14/h4-5,7-8,12,15H,3,6,9-10H2,1-2H3. The predicted molar refractivity (Wildman–Crippen MR) is 67.5 cm³/mol. The molecule has 0 aliphatic heterocycles. The molecule has 0 saturated heterocycles. The lowest BCUT2D eigenvalue weighted by Gasteiger charge is -2.15. The fourth-order valence-corrected chi connectivity index (χ4v) is 2.04. The zero-order valence-electron chi connectivity index (χ0n) is 9.59. The van der Waals surface area contributed by atoms with Gasteiger partial charge in [0.25, 0.3) is 0 Å². The summed E-state index contributed by atoms with van der Waals surface area (Å²) in [7, 11) is 2.03. The minimum atomic E-state index is 0.617. The average Bonchev–Trinajstić information content (AvgIpc) is 2.26. The van der Waals surface area contributed by atoms with Crippen molar-refractivity contribution in [1.82, 2.24) is 5.32 Å². The van der Waals surface area contributed by atoms with Gasteiger partial charge in [0.2, 0.25) is 0 Å². The van der Waals surface area contributed by atoms with Crippen LogP contribution < -0.4 is 5.32 Å². The summed E-state index contributed by atoms with van der Waals surface area (Å²) in [5.41, 5.74) is 1.26. The Labute approximate surface area is 97.8 Å². The van der Waals surface area contributed by atoms with Crippen LogP contribution in [0.3, 0.4) is 0 Å². The molecule has 0 heterocycles. The van der Waals surface area contributed by atoms with Gasteiger partial charge in [-0.25, -0.2) is 0 Å². The summed E-state index contributed by atoms with van der Waals surface area (Å²) < 4.78 is 0. The normalized spacial score (nSPS) is 12.7. The summed E-state index contributed by atoms with van der Waals surface area (Å²) in [5.74, 6) is 0. The second kappa shape index (κ2) is 6.86. The van der Waals surface area contributed by atoms with Crippen LogP contribution in [-0.4, -0.2) is 13.1 Å². The van der Waals surface area contributed by atoms with E-state index in [9.17, 15) is 0 Å². The van der Waals surface area contributed by atoms with Crippen molar-refractivity contribution in [2.24, 2.45) is 0 Å². The van der Waals surface area contributed by atoms with E-state index < -0.39 is 0 Å². The molecule has 84 valence electrons. The molecule has 0 amide bonds. The fraction of sp³-hybridized carbons (Fsp3) is 0.538. The molecule has 0 aromatic heterocycles. The van der Waals surface area contributed by atoms with Crippen LogP contribution >= 0.6 is 11.6 Å². The van der Waals surface area contributed by atoms with Crippen LogP contribution in [0.4, 0.5) is 0 Å². The van der Waals surface area contributed by atoms with E-state index in [2.05, 4.69) is 24.4 Å². The first kappa shape index (κ1) is 12.5. The average molecular weight is 226 g/mol. The molecule has 1 rings (SSSR count). The molecule has 0 aliphatic rings. The lowest BCUT2D eigenvalue weighted by atomic mass is 10.0. The van der Waals surface area contributed by atoms with Crippen molar-refractivity contribution in [2.75, 3.05) is 7.05 Å². The Bertz CT molecular complexity index is 286. The highest BCUT2D eigenvalue weighted by atomic mass is 35.5. The number of hydrogen-bond donors (Lipinski definition) is 1. The Kier molecular flexibility index (Phi) is 5.74. The molecule has 1 atom stereocenters. The number of halogens is 1. The zero-order chi connectivity index (χ0) is 11.1. The van der Waals surface area contributed by atoms with Crippen molar-refractivity contribution in [3.05, 3.63) is 34.9 Å². The molecule has 2 heteroatoms. The molecule has 0 fully saturated rings. The highest BCUT2D eigenvalue weighted by Gasteiger charge is 2.06. The number of hydrogen-bond acceptors (Lipinski definition) is 1. The first-order valence-electron chi connectivity index (χ1n) is 5.68. The molecule has 1 N–H and O–H groups in total. The Morgan fingerprint density at radius 3 is 2.60 bits per heavy atom. The first-order chi connectivity index (χ1) is 7.27. The lowest BCUT2D eigenvalue weighted by molar-refractivity contribution is 0.484. The molecule has 0 bridgehead atoms. The van der Waals surface area contributed by atoms with E-state index in [-0.39, 0.29) is 0 Å². The van der Waals surface area contributed by atoms with Gasteiger partial charge in [-0.05, 0) is 37.9 Å². The van der Waals surface area contributed by atoms with Crippen LogP contribution in [-0.2, 0) is 6.42 Å². The van der Waals surface area contributed by atoms with Gasteiger partial charge < -0.3 is 5.32 Å². The molecule has 0 saturated carbocycles. The van der Waals surface area contributed by atoms with Gasteiger partial charge in [0.15, 0.2) is 0 Å². The summed E-state index contributed by atoms with van der Waals surface area (Å²) >= 11 is 6.11. The second-order valence-corrected chi connectivity index (χ2v) is 4.31. The number of benzene rings is 1. The van der Waals surface area contributed by atoms with Gasteiger partial charge >= 0.3 is 0 Å². The van der Waals surface area contributed by atoms with Gasteiger partial charge in [-0.2, -0.15) is 0 Å². The third kappa shape index (κ3) is 4.23. The molecular weight excluding hydrogens is 206 g/mol. The molecular formula is C13H20ClN. The Balaban J connectivity index is 2.45. The Hall–Kier alpha value is -0.530. The minimum Gasteiger partial charge on any atom is -0.317 e. The van der Waals surface area contributed by atoms with E-state index in [4.69, 9.17) is 11.6 Å². The summed E-state index contributed by atoms with van der Waals surface area (Å²) in [5, 5.41) is 4.24. The summed E-state index contributed by atoms with van der Waals surface area (Å²) in [6.45, 7) is 2.22. The summed E-state index contributed by atoms with van der Waals surface area (Å²) in [6.07, 6.45) is 4.69. The van der Waals surface area contributed by atoms with Crippen molar-refractivity contribution in [2.45, 2.75) is 38.6 Å². The van der Waals surface area contributed by atoms with Crippen LogP contribution in [0.1, 0.15) is 31.7 Å². The van der Waals surface area contributed by atoms with Crippen molar-refractivity contribution >= 4 is 11.6 Å². The van der Waals surface area contributed by atoms with Crippen LogP contribution in [0.15, 0.2) is 24.3 Å². The quantitative estimate of drug-likeness (QED) is 0.779. The number of aryl methyl sites for hydroxylation is 1. The highest BCUT2D eigenvalue weighted by Crippen LogP contribution is 2.17. The van der Waals surface area contributed by atoms with Gasteiger partial charge in [-0.3, -0.25) is 0 Å². The molecule has 1 aromatic carbocycles. The third-order valence-corrected chi connectivity index (χ3v) is 3.13. The van der Waals surface area contributed by atoms with Crippen molar-refractivity contribution in [3.8, 4) is 0 Å². The lowest BCUT2D eigenvalue weighted by Crippen LogP contribution is -2.25. The van der Waals surface area contributed by atoms with Crippen LogP contribution in [0.2, 0.25) is 5.02 Å². The van der Waals surface area contributed by atoms with Gasteiger partial charge in [-0.1, -0.05) is 43.1 Å². The van der Waals surface area contributed by atoms with Crippen molar-refractivity contribution < 1.29 is 0 Å². The van der Waals surface area contributed by atoms with E-state index in [1.54, 1.807) is 0 Å². The smallest absolute Gasteiger partial charge is 0.0437 e. The van der Waals surface area contributed by atoms with Crippen LogP contribution in [0, 0.1) is 0 Å². The number of nitrogens with one attached hydrogen (secondary N) is 1. The SMILES string of the molecule is CCCC(CCc1ccccc1Cl)NC. The summed E-state index contributed by atoms with van der Waals surface area (Å²) in [4.78, 5) is 0. The molecule has 0 aliphatic carbocycles. The van der Waals surface area contributed by atoms with Crippen LogP contribution in [0.25, 0.3) is 0 Å². The maximum absolute atomic E-state index is 6.11.